The molecule has 0 atom stereocenters. The van der Waals surface area contributed by atoms with Crippen LogP contribution in [0.2, 0.25) is 0 Å². The molecule has 0 spiro atoms. The molecule has 0 N–H and O–H groups in total. The van der Waals surface area contributed by atoms with E-state index in [-0.39, 0.29) is 11.7 Å². The molecule has 1 fully saturated rings. The second-order valence-corrected chi connectivity index (χ2v) is 6.58. The lowest BCUT2D eigenvalue weighted by Gasteiger charge is -2.34. The number of methoxy groups -OCH3 is 2. The summed E-state index contributed by atoms with van der Waals surface area (Å²) >= 11 is 0. The molecule has 0 aliphatic carbocycles. The number of carbonyl (C=O) groups excluding carboxylic acids is 1. The summed E-state index contributed by atoms with van der Waals surface area (Å²) in [6.07, 6.45) is 0.909. The van der Waals surface area contributed by atoms with Crippen LogP contribution in [0.4, 0.5) is 4.39 Å². The van der Waals surface area contributed by atoms with E-state index < -0.39 is 0 Å². The fraction of sp³-hybridized carbons (Fsp3) is 0.381. The van der Waals surface area contributed by atoms with Crippen molar-refractivity contribution in [2.75, 3.05) is 46.9 Å². The number of rotatable bonds is 6. The van der Waals surface area contributed by atoms with Gasteiger partial charge in [-0.2, -0.15) is 0 Å². The third-order valence-corrected chi connectivity index (χ3v) is 4.92. The van der Waals surface area contributed by atoms with Crippen LogP contribution in [-0.4, -0.2) is 62.7 Å². The van der Waals surface area contributed by atoms with Crippen molar-refractivity contribution < 1.29 is 18.7 Å². The molecule has 1 heterocycles. The highest BCUT2D eigenvalue weighted by Crippen LogP contribution is 2.27. The molecule has 6 heteroatoms. The van der Waals surface area contributed by atoms with E-state index in [1.165, 1.54) is 17.7 Å². The quantitative estimate of drug-likeness (QED) is 0.782. The van der Waals surface area contributed by atoms with Gasteiger partial charge >= 0.3 is 0 Å². The number of benzene rings is 2. The molecule has 27 heavy (non-hydrogen) atoms. The number of ether oxygens (including phenoxy) is 2. The van der Waals surface area contributed by atoms with E-state index in [9.17, 15) is 9.18 Å². The molecular formula is C21H25FN2O3. The largest absolute Gasteiger partial charge is 0.493 e. The van der Waals surface area contributed by atoms with Gasteiger partial charge in [0.15, 0.2) is 11.5 Å². The van der Waals surface area contributed by atoms with Gasteiger partial charge in [0.2, 0.25) is 0 Å². The molecule has 1 saturated heterocycles. The van der Waals surface area contributed by atoms with Crippen molar-refractivity contribution in [3.63, 3.8) is 0 Å². The van der Waals surface area contributed by atoms with Gasteiger partial charge in [-0.05, 0) is 48.4 Å². The number of carbonyl (C=O) groups is 1. The third kappa shape index (κ3) is 4.77. The molecule has 2 aromatic carbocycles. The van der Waals surface area contributed by atoms with Crippen LogP contribution in [0.3, 0.4) is 0 Å². The minimum atomic E-state index is -0.327. The van der Waals surface area contributed by atoms with Gasteiger partial charge in [-0.25, -0.2) is 4.39 Å². The normalized spacial score (nSPS) is 14.9. The zero-order valence-corrected chi connectivity index (χ0v) is 15.8. The molecule has 3 rings (SSSR count). The van der Waals surface area contributed by atoms with Crippen LogP contribution in [-0.2, 0) is 6.42 Å². The van der Waals surface area contributed by atoms with Crippen LogP contribution in [0.1, 0.15) is 15.9 Å². The number of hydrogen-bond donors (Lipinski definition) is 0. The van der Waals surface area contributed by atoms with Crippen molar-refractivity contribution in [1.82, 2.24) is 9.80 Å². The molecule has 0 aromatic heterocycles. The van der Waals surface area contributed by atoms with Crippen LogP contribution in [0.5, 0.6) is 11.5 Å². The Morgan fingerprint density at radius 2 is 1.63 bits per heavy atom. The third-order valence-electron chi connectivity index (χ3n) is 4.92. The smallest absolute Gasteiger partial charge is 0.253 e. The monoisotopic (exact) mass is 372 g/mol. The van der Waals surface area contributed by atoms with Gasteiger partial charge in [0.1, 0.15) is 5.82 Å². The molecule has 1 aliphatic rings. The van der Waals surface area contributed by atoms with E-state index in [0.717, 1.165) is 37.6 Å². The first-order valence-electron chi connectivity index (χ1n) is 9.09. The van der Waals surface area contributed by atoms with Crippen LogP contribution >= 0.6 is 0 Å². The predicted molar refractivity (Wildman–Crippen MR) is 102 cm³/mol. The molecular weight excluding hydrogens is 347 g/mol. The number of halogens is 1. The van der Waals surface area contributed by atoms with Gasteiger partial charge in [0.05, 0.1) is 14.2 Å². The molecule has 0 bridgehead atoms. The Morgan fingerprint density at radius 1 is 0.963 bits per heavy atom. The Balaban J connectivity index is 1.49. The molecule has 1 aliphatic heterocycles. The number of amides is 1. The topological polar surface area (TPSA) is 42.0 Å². The van der Waals surface area contributed by atoms with Gasteiger partial charge in [-0.1, -0.05) is 6.07 Å². The average Bonchev–Trinajstić information content (AvgIpc) is 2.72. The molecule has 0 saturated carbocycles. The molecule has 0 unspecified atom stereocenters. The number of hydrogen-bond acceptors (Lipinski definition) is 4. The molecule has 1 amide bonds. The molecule has 0 radical (unpaired) electrons. The van der Waals surface area contributed by atoms with E-state index in [1.54, 1.807) is 26.4 Å². The fourth-order valence-electron chi connectivity index (χ4n) is 3.27. The van der Waals surface area contributed by atoms with E-state index in [0.29, 0.717) is 18.7 Å². The lowest BCUT2D eigenvalue weighted by Crippen LogP contribution is -2.49. The maximum absolute atomic E-state index is 13.0. The Bertz CT molecular complexity index is 771. The predicted octanol–water partition coefficient (Wildman–Crippen LogP) is 2.84. The van der Waals surface area contributed by atoms with Crippen molar-refractivity contribution in [2.24, 2.45) is 0 Å². The highest BCUT2D eigenvalue weighted by Gasteiger charge is 2.22. The van der Waals surface area contributed by atoms with Crippen molar-refractivity contribution in [1.29, 1.82) is 0 Å². The Labute approximate surface area is 159 Å². The van der Waals surface area contributed by atoms with Crippen molar-refractivity contribution >= 4 is 5.91 Å². The second kappa shape index (κ2) is 8.86. The number of piperazine rings is 1. The summed E-state index contributed by atoms with van der Waals surface area (Å²) < 4.78 is 23.6. The zero-order chi connectivity index (χ0) is 19.2. The first-order valence-corrected chi connectivity index (χ1v) is 9.09. The van der Waals surface area contributed by atoms with Gasteiger partial charge < -0.3 is 14.4 Å². The van der Waals surface area contributed by atoms with Crippen LogP contribution in [0.25, 0.3) is 0 Å². The van der Waals surface area contributed by atoms with Crippen molar-refractivity contribution in [3.05, 3.63) is 59.4 Å². The minimum absolute atomic E-state index is 0.0328. The molecule has 144 valence electrons. The van der Waals surface area contributed by atoms with Crippen LogP contribution in [0.15, 0.2) is 42.5 Å². The van der Waals surface area contributed by atoms with E-state index in [2.05, 4.69) is 11.0 Å². The van der Waals surface area contributed by atoms with E-state index in [1.807, 2.05) is 17.0 Å². The average molecular weight is 372 g/mol. The van der Waals surface area contributed by atoms with Crippen molar-refractivity contribution in [3.8, 4) is 11.5 Å². The summed E-state index contributed by atoms with van der Waals surface area (Å²) in [4.78, 5) is 16.7. The maximum atomic E-state index is 13.0. The van der Waals surface area contributed by atoms with Crippen molar-refractivity contribution in [2.45, 2.75) is 6.42 Å². The van der Waals surface area contributed by atoms with Gasteiger partial charge in [-0.3, -0.25) is 9.69 Å². The summed E-state index contributed by atoms with van der Waals surface area (Å²) in [7, 11) is 3.27. The first kappa shape index (κ1) is 19.2. The Morgan fingerprint density at radius 3 is 2.26 bits per heavy atom. The maximum Gasteiger partial charge on any atom is 0.253 e. The van der Waals surface area contributed by atoms with E-state index in [4.69, 9.17) is 9.47 Å². The summed E-state index contributed by atoms with van der Waals surface area (Å²) in [5.74, 6) is 1.11. The minimum Gasteiger partial charge on any atom is -0.493 e. The molecule has 5 nitrogen and oxygen atoms in total. The standard InChI is InChI=1S/C21H25FN2O3/c1-26-19-8-3-16(15-20(19)27-2)9-10-23-11-13-24(14-12-23)21(25)17-4-6-18(22)7-5-17/h3-8,15H,9-14H2,1-2H3. The highest BCUT2D eigenvalue weighted by atomic mass is 19.1. The first-order chi connectivity index (χ1) is 13.1. The van der Waals surface area contributed by atoms with Crippen LogP contribution < -0.4 is 9.47 Å². The Kier molecular flexibility index (Phi) is 6.29. The van der Waals surface area contributed by atoms with Crippen LogP contribution in [0, 0.1) is 5.82 Å². The van der Waals surface area contributed by atoms with E-state index >= 15 is 0 Å². The summed E-state index contributed by atoms with van der Waals surface area (Å²) in [5, 5.41) is 0. The van der Waals surface area contributed by atoms with Gasteiger partial charge in [-0.15, -0.1) is 0 Å². The second-order valence-electron chi connectivity index (χ2n) is 6.58. The lowest BCUT2D eigenvalue weighted by molar-refractivity contribution is 0.0638. The Hall–Kier alpha value is -2.60. The highest BCUT2D eigenvalue weighted by molar-refractivity contribution is 5.94. The van der Waals surface area contributed by atoms with Gasteiger partial charge in [0.25, 0.3) is 5.91 Å². The summed E-state index contributed by atoms with van der Waals surface area (Å²) in [6.45, 7) is 3.96. The van der Waals surface area contributed by atoms with Gasteiger partial charge in [0, 0.05) is 38.3 Å². The zero-order valence-electron chi connectivity index (χ0n) is 15.8. The lowest BCUT2D eigenvalue weighted by atomic mass is 10.1. The SMILES string of the molecule is COc1ccc(CCN2CCN(C(=O)c3ccc(F)cc3)CC2)cc1OC. The summed E-state index contributed by atoms with van der Waals surface area (Å²) in [6, 6.07) is 11.7. The summed E-state index contributed by atoms with van der Waals surface area (Å²) in [5.41, 5.74) is 1.73. The molecule has 2 aromatic rings. The fourth-order valence-corrected chi connectivity index (χ4v) is 3.27. The number of nitrogens with zero attached hydrogens (tertiary/aromatic N) is 2.